The van der Waals surface area contributed by atoms with Crippen molar-refractivity contribution in [1.82, 2.24) is 0 Å². The lowest BCUT2D eigenvalue weighted by Crippen LogP contribution is -2.11. The molecule has 0 aromatic rings. The molecule has 2 atom stereocenters. The summed E-state index contributed by atoms with van der Waals surface area (Å²) in [6, 6.07) is 0. The summed E-state index contributed by atoms with van der Waals surface area (Å²) < 4.78 is 0. The normalized spacial score (nSPS) is 30.7. The molecule has 2 heterocycles. The molecule has 84 valence electrons. The predicted molar refractivity (Wildman–Crippen MR) is 77.3 cm³/mol. The van der Waals surface area contributed by atoms with Crippen LogP contribution in [-0.2, 0) is 0 Å². The van der Waals surface area contributed by atoms with Crippen molar-refractivity contribution < 1.29 is 0 Å². The molecule has 2 aliphatic rings. The Morgan fingerprint density at radius 2 is 1.40 bits per heavy atom. The molecule has 0 amide bonds. The van der Waals surface area contributed by atoms with Crippen molar-refractivity contribution in [2.45, 2.75) is 23.3 Å². The Balaban J connectivity index is 1.43. The monoisotopic (exact) mass is 258 g/mol. The van der Waals surface area contributed by atoms with Crippen molar-refractivity contribution in [1.29, 1.82) is 0 Å². The molecule has 0 spiro atoms. The van der Waals surface area contributed by atoms with Gasteiger partial charge in [0.2, 0.25) is 0 Å². The lowest BCUT2D eigenvalue weighted by molar-refractivity contribution is 0.927. The molecule has 2 rings (SSSR count). The van der Waals surface area contributed by atoms with E-state index in [4.69, 9.17) is 0 Å². The van der Waals surface area contributed by atoms with E-state index in [1.807, 2.05) is 11.8 Å². The highest BCUT2D eigenvalue weighted by Crippen LogP contribution is 2.29. The molecule has 0 radical (unpaired) electrons. The van der Waals surface area contributed by atoms with Gasteiger partial charge in [0.15, 0.2) is 0 Å². The van der Waals surface area contributed by atoms with Gasteiger partial charge in [-0.2, -0.15) is 35.3 Å². The summed E-state index contributed by atoms with van der Waals surface area (Å²) in [7, 11) is 0. The Kier molecular flexibility index (Phi) is 5.58. The van der Waals surface area contributed by atoms with Gasteiger partial charge in [0.05, 0.1) is 0 Å². The topological polar surface area (TPSA) is 0 Å². The Bertz CT molecular complexity index is 203. The van der Waals surface area contributed by atoms with Gasteiger partial charge in [0, 0.05) is 22.0 Å². The largest absolute Gasteiger partial charge is 0.154 e. The van der Waals surface area contributed by atoms with Gasteiger partial charge < -0.3 is 0 Å². The van der Waals surface area contributed by atoms with Crippen LogP contribution in [0.1, 0.15) is 12.8 Å². The third kappa shape index (κ3) is 4.49. The number of thioether (sulfide) groups is 3. The zero-order valence-corrected chi connectivity index (χ0v) is 11.4. The van der Waals surface area contributed by atoms with Crippen LogP contribution in [0.5, 0.6) is 0 Å². The molecule has 0 aromatic carbocycles. The third-order valence-corrected chi connectivity index (χ3v) is 6.04. The minimum absolute atomic E-state index is 0.840. The van der Waals surface area contributed by atoms with Crippen LogP contribution >= 0.6 is 35.3 Å². The van der Waals surface area contributed by atoms with Gasteiger partial charge in [-0.3, -0.25) is 0 Å². The average molecular weight is 258 g/mol. The highest BCUT2D eigenvalue weighted by Gasteiger charge is 2.14. The summed E-state index contributed by atoms with van der Waals surface area (Å²) in [5, 5.41) is 1.68. The van der Waals surface area contributed by atoms with E-state index in [9.17, 15) is 0 Å². The highest BCUT2D eigenvalue weighted by molar-refractivity contribution is 8.01. The van der Waals surface area contributed by atoms with E-state index >= 15 is 0 Å². The lowest BCUT2D eigenvalue weighted by Gasteiger charge is -2.21. The number of hydrogen-bond acceptors (Lipinski definition) is 3. The van der Waals surface area contributed by atoms with Crippen LogP contribution in [0.2, 0.25) is 0 Å². The van der Waals surface area contributed by atoms with Gasteiger partial charge in [-0.1, -0.05) is 24.3 Å². The minimum Gasteiger partial charge on any atom is -0.154 e. The molecule has 2 unspecified atom stereocenters. The first-order chi connectivity index (χ1) is 7.45. The van der Waals surface area contributed by atoms with Crippen molar-refractivity contribution in [2.75, 3.05) is 23.0 Å². The Hall–Kier alpha value is 0.530. The number of hydrogen-bond donors (Lipinski definition) is 0. The fourth-order valence-corrected chi connectivity index (χ4v) is 3.52. The zero-order valence-electron chi connectivity index (χ0n) is 8.93. The average Bonchev–Trinajstić information content (AvgIpc) is 2.09. The van der Waals surface area contributed by atoms with Crippen LogP contribution in [0.4, 0.5) is 0 Å². The van der Waals surface area contributed by atoms with Crippen LogP contribution in [0, 0.1) is 0 Å². The second-order valence-electron chi connectivity index (χ2n) is 3.79. The van der Waals surface area contributed by atoms with Gasteiger partial charge in [0.1, 0.15) is 0 Å². The van der Waals surface area contributed by atoms with Gasteiger partial charge >= 0.3 is 0 Å². The van der Waals surface area contributed by atoms with E-state index in [0.717, 1.165) is 10.5 Å². The predicted octanol–water partition coefficient (Wildman–Crippen LogP) is 3.84. The summed E-state index contributed by atoms with van der Waals surface area (Å²) in [5.74, 6) is 5.09. The second-order valence-corrected chi connectivity index (χ2v) is 7.56. The first-order valence-corrected chi connectivity index (χ1v) is 8.84. The maximum Gasteiger partial charge on any atom is 0.0235 e. The maximum atomic E-state index is 2.38. The molecule has 0 bridgehead atoms. The fraction of sp³-hybridized carbons (Fsp3) is 0.667. The molecule has 2 fully saturated rings. The Morgan fingerprint density at radius 1 is 0.933 bits per heavy atom. The maximum absolute atomic E-state index is 2.38. The smallest absolute Gasteiger partial charge is 0.0235 e. The molecular weight excluding hydrogens is 240 g/mol. The molecular formula is C12H18S3. The molecule has 2 aliphatic heterocycles. The molecule has 0 nitrogen and oxygen atoms in total. The summed E-state index contributed by atoms with van der Waals surface area (Å²) in [4.78, 5) is 0. The molecule has 15 heavy (non-hydrogen) atoms. The summed E-state index contributed by atoms with van der Waals surface area (Å²) in [5.41, 5.74) is 0. The van der Waals surface area contributed by atoms with E-state index < -0.39 is 0 Å². The van der Waals surface area contributed by atoms with Gasteiger partial charge in [-0.15, -0.1) is 0 Å². The van der Waals surface area contributed by atoms with Crippen molar-refractivity contribution in [3.63, 3.8) is 0 Å². The zero-order chi connectivity index (χ0) is 10.3. The molecule has 0 N–H and O–H groups in total. The van der Waals surface area contributed by atoms with Crippen LogP contribution in [0.3, 0.4) is 0 Å². The third-order valence-electron chi connectivity index (χ3n) is 2.60. The quantitative estimate of drug-likeness (QED) is 0.525. The van der Waals surface area contributed by atoms with E-state index in [-0.39, 0.29) is 0 Å². The first-order valence-electron chi connectivity index (χ1n) is 5.59. The summed E-state index contributed by atoms with van der Waals surface area (Å²) >= 11 is 6.16. The van der Waals surface area contributed by atoms with E-state index in [2.05, 4.69) is 47.8 Å². The van der Waals surface area contributed by atoms with Crippen LogP contribution in [0.15, 0.2) is 24.3 Å². The summed E-state index contributed by atoms with van der Waals surface area (Å²) in [6.07, 6.45) is 12.2. The molecule has 3 heteroatoms. The number of rotatable bonds is 6. The Labute approximate surface area is 106 Å². The SMILES string of the molecule is C(=CC1CCS1)CSCC=CC1CCS1. The highest BCUT2D eigenvalue weighted by atomic mass is 32.2. The second kappa shape index (κ2) is 6.97. The molecule has 2 saturated heterocycles. The molecule has 0 aromatic heterocycles. The van der Waals surface area contributed by atoms with Crippen LogP contribution in [0.25, 0.3) is 0 Å². The van der Waals surface area contributed by atoms with Crippen molar-refractivity contribution in [3.05, 3.63) is 24.3 Å². The Morgan fingerprint density at radius 3 is 1.73 bits per heavy atom. The molecule has 0 aliphatic carbocycles. The molecule has 0 saturated carbocycles. The van der Waals surface area contributed by atoms with Crippen molar-refractivity contribution in [3.8, 4) is 0 Å². The van der Waals surface area contributed by atoms with Crippen molar-refractivity contribution >= 4 is 35.3 Å². The van der Waals surface area contributed by atoms with Gasteiger partial charge in [0.25, 0.3) is 0 Å². The van der Waals surface area contributed by atoms with E-state index in [1.165, 1.54) is 35.9 Å². The minimum atomic E-state index is 0.840. The van der Waals surface area contributed by atoms with Gasteiger partial charge in [-0.05, 0) is 24.3 Å². The fourth-order valence-electron chi connectivity index (χ4n) is 1.43. The lowest BCUT2D eigenvalue weighted by atomic mass is 10.3. The van der Waals surface area contributed by atoms with Crippen LogP contribution in [-0.4, -0.2) is 33.5 Å². The van der Waals surface area contributed by atoms with E-state index in [0.29, 0.717) is 0 Å². The first kappa shape index (κ1) is 12.0. The van der Waals surface area contributed by atoms with Crippen molar-refractivity contribution in [2.24, 2.45) is 0 Å². The summed E-state index contributed by atoms with van der Waals surface area (Å²) in [6.45, 7) is 0. The van der Waals surface area contributed by atoms with Gasteiger partial charge in [-0.25, -0.2) is 0 Å². The standard InChI is InChI=1S/C12H18S3/c1(3-11-5-9-14-11)7-13-8-2-4-12-6-10-15-12/h1-4,11-12H,5-10H2. The van der Waals surface area contributed by atoms with Crippen LogP contribution < -0.4 is 0 Å². The van der Waals surface area contributed by atoms with E-state index in [1.54, 1.807) is 0 Å².